The fraction of sp³-hybridized carbons (Fsp3) is 0.0769. The molecule has 15 heavy (non-hydrogen) atoms. The first-order chi connectivity index (χ1) is 7.40. The van der Waals surface area contributed by atoms with Gasteiger partial charge in [-0.1, -0.05) is 41.6 Å². The molecule has 0 amide bonds. The molecule has 1 aromatic carbocycles. The summed E-state index contributed by atoms with van der Waals surface area (Å²) in [5, 5.41) is 5.73. The summed E-state index contributed by atoms with van der Waals surface area (Å²) in [5.74, 6) is 0. The zero-order valence-corrected chi connectivity index (χ0v) is 10.2. The Hall–Kier alpha value is -1.12. The molecule has 2 aromatic rings. The maximum absolute atomic E-state index is 3.92. The van der Waals surface area contributed by atoms with E-state index in [1.807, 2.05) is 6.08 Å². The Morgan fingerprint density at radius 3 is 2.60 bits per heavy atom. The summed E-state index contributed by atoms with van der Waals surface area (Å²) in [5.41, 5.74) is 1.86. The van der Waals surface area contributed by atoms with Gasteiger partial charge in [0.2, 0.25) is 0 Å². The third-order valence-electron chi connectivity index (χ3n) is 2.23. The third-order valence-corrected chi connectivity index (χ3v) is 4.48. The highest BCUT2D eigenvalue weighted by Gasteiger charge is 2.09. The van der Waals surface area contributed by atoms with E-state index in [2.05, 4.69) is 53.7 Å². The summed E-state index contributed by atoms with van der Waals surface area (Å²) in [6.45, 7) is 3.92. The van der Waals surface area contributed by atoms with Gasteiger partial charge < -0.3 is 0 Å². The van der Waals surface area contributed by atoms with E-state index >= 15 is 0 Å². The smallest absolute Gasteiger partial charge is 0.0940 e. The minimum Gasteiger partial charge on any atom is -0.152 e. The summed E-state index contributed by atoms with van der Waals surface area (Å²) in [6, 6.07) is 12.8. The summed E-state index contributed by atoms with van der Waals surface area (Å²) >= 11 is 1.75. The molecule has 0 spiro atoms. The Kier molecular flexibility index (Phi) is 3.53. The Labute approximate surface area is 97.1 Å². The number of benzene rings is 1. The molecule has 0 aliphatic rings. The fourth-order valence-electron chi connectivity index (χ4n) is 1.44. The second-order valence-electron chi connectivity index (χ2n) is 3.28. The van der Waals surface area contributed by atoms with Crippen molar-refractivity contribution >= 4 is 26.0 Å². The van der Waals surface area contributed by atoms with E-state index < -0.39 is 0 Å². The maximum Gasteiger partial charge on any atom is 0.0940 e. The molecule has 0 aliphatic carbocycles. The fourth-order valence-corrected chi connectivity index (χ4v) is 3.47. The second kappa shape index (κ2) is 5.10. The predicted octanol–water partition coefficient (Wildman–Crippen LogP) is 3.00. The Morgan fingerprint density at radius 1 is 1.20 bits per heavy atom. The molecule has 2 rings (SSSR count). The van der Waals surface area contributed by atoms with Gasteiger partial charge in [0.25, 0.3) is 0 Å². The summed E-state index contributed by atoms with van der Waals surface area (Å²) in [7, 11) is 0.779. The molecule has 0 saturated carbocycles. The molecule has 74 valence electrons. The van der Waals surface area contributed by atoms with Crippen molar-refractivity contribution in [3.8, 4) is 0 Å². The van der Waals surface area contributed by atoms with Crippen LogP contribution < -0.4 is 5.19 Å². The number of hydrogen-bond acceptors (Lipinski definition) is 1. The molecule has 0 nitrogen and oxygen atoms in total. The van der Waals surface area contributed by atoms with Crippen LogP contribution in [-0.4, -0.2) is 9.52 Å². The van der Waals surface area contributed by atoms with Gasteiger partial charge in [-0.3, -0.25) is 0 Å². The van der Waals surface area contributed by atoms with Gasteiger partial charge in [0, 0.05) is 0 Å². The van der Waals surface area contributed by atoms with E-state index in [1.54, 1.807) is 11.3 Å². The van der Waals surface area contributed by atoms with E-state index in [9.17, 15) is 0 Å². The summed E-state index contributed by atoms with van der Waals surface area (Å²) in [6.07, 6.45) is 2.05. The topological polar surface area (TPSA) is 0 Å². The van der Waals surface area contributed by atoms with Crippen molar-refractivity contribution in [2.45, 2.75) is 5.54 Å². The number of allylic oxidation sites excluding steroid dienone is 1. The van der Waals surface area contributed by atoms with Crippen LogP contribution in [0.5, 0.6) is 0 Å². The largest absolute Gasteiger partial charge is 0.152 e. The van der Waals surface area contributed by atoms with Crippen LogP contribution in [0.2, 0.25) is 0 Å². The van der Waals surface area contributed by atoms with Gasteiger partial charge in [0.1, 0.15) is 0 Å². The molecule has 1 heterocycles. The average Bonchev–Trinajstić information content (AvgIpc) is 2.81. The Morgan fingerprint density at radius 2 is 2.00 bits per heavy atom. The van der Waals surface area contributed by atoms with Crippen molar-refractivity contribution in [3.63, 3.8) is 0 Å². The van der Waals surface area contributed by atoms with Crippen LogP contribution in [0, 0.1) is 0 Å². The molecule has 1 unspecified atom stereocenters. The molecule has 0 fully saturated rings. The SMILES string of the molecule is C=CC([Si]c1ccccc1)c1ccsc1. The van der Waals surface area contributed by atoms with Gasteiger partial charge in [-0.15, -0.1) is 6.58 Å². The second-order valence-corrected chi connectivity index (χ2v) is 5.55. The highest BCUT2D eigenvalue weighted by Crippen LogP contribution is 2.18. The quantitative estimate of drug-likeness (QED) is 0.557. The minimum atomic E-state index is 0.471. The standard InChI is InChI=1S/C13H12SSi/c1-2-13(11-8-9-14-10-11)15-12-6-4-3-5-7-12/h2-10,13H,1H2. The first kappa shape index (κ1) is 10.4. The van der Waals surface area contributed by atoms with Crippen molar-refractivity contribution in [2.24, 2.45) is 0 Å². The molecule has 0 bridgehead atoms. The number of hydrogen-bond donors (Lipinski definition) is 0. The molecule has 0 saturated heterocycles. The molecular formula is C13H12SSi. The monoisotopic (exact) mass is 228 g/mol. The normalized spacial score (nSPS) is 12.3. The van der Waals surface area contributed by atoms with Gasteiger partial charge in [-0.05, 0) is 27.9 Å². The van der Waals surface area contributed by atoms with E-state index in [4.69, 9.17) is 0 Å². The van der Waals surface area contributed by atoms with Gasteiger partial charge >= 0.3 is 0 Å². The van der Waals surface area contributed by atoms with E-state index in [0.717, 1.165) is 9.52 Å². The van der Waals surface area contributed by atoms with Crippen molar-refractivity contribution < 1.29 is 0 Å². The summed E-state index contributed by atoms with van der Waals surface area (Å²) < 4.78 is 0. The lowest BCUT2D eigenvalue weighted by Crippen LogP contribution is -2.19. The average molecular weight is 228 g/mol. The molecule has 1 aromatic heterocycles. The van der Waals surface area contributed by atoms with E-state index in [1.165, 1.54) is 10.8 Å². The molecular weight excluding hydrogens is 216 g/mol. The van der Waals surface area contributed by atoms with Crippen molar-refractivity contribution in [2.75, 3.05) is 0 Å². The third kappa shape index (κ3) is 2.67. The zero-order valence-electron chi connectivity index (χ0n) is 8.39. The molecule has 1 atom stereocenters. The maximum atomic E-state index is 3.92. The van der Waals surface area contributed by atoms with Crippen molar-refractivity contribution in [3.05, 3.63) is 65.4 Å². The van der Waals surface area contributed by atoms with Crippen LogP contribution in [-0.2, 0) is 0 Å². The number of rotatable bonds is 4. The van der Waals surface area contributed by atoms with Gasteiger partial charge in [0.15, 0.2) is 0 Å². The van der Waals surface area contributed by atoms with Gasteiger partial charge in [-0.2, -0.15) is 11.3 Å². The van der Waals surface area contributed by atoms with Gasteiger partial charge in [0.05, 0.1) is 9.52 Å². The van der Waals surface area contributed by atoms with Crippen LogP contribution >= 0.6 is 11.3 Å². The van der Waals surface area contributed by atoms with Crippen LogP contribution in [0.4, 0.5) is 0 Å². The predicted molar refractivity (Wildman–Crippen MR) is 69.1 cm³/mol. The first-order valence-corrected chi connectivity index (χ1v) is 6.88. The van der Waals surface area contributed by atoms with E-state index in [0.29, 0.717) is 5.54 Å². The Bertz CT molecular complexity index is 405. The number of thiophene rings is 1. The highest BCUT2D eigenvalue weighted by molar-refractivity contribution is 7.08. The van der Waals surface area contributed by atoms with Crippen LogP contribution in [0.1, 0.15) is 11.1 Å². The minimum absolute atomic E-state index is 0.471. The molecule has 2 heteroatoms. The first-order valence-electron chi connectivity index (χ1n) is 4.86. The molecule has 0 aliphatic heterocycles. The summed E-state index contributed by atoms with van der Waals surface area (Å²) in [4.78, 5) is 0. The van der Waals surface area contributed by atoms with Crippen LogP contribution in [0.15, 0.2) is 59.8 Å². The lowest BCUT2D eigenvalue weighted by molar-refractivity contribution is 1.23. The molecule has 0 N–H and O–H groups in total. The van der Waals surface area contributed by atoms with Gasteiger partial charge in [-0.25, -0.2) is 0 Å². The lowest BCUT2D eigenvalue weighted by atomic mass is 10.2. The lowest BCUT2D eigenvalue weighted by Gasteiger charge is -2.09. The van der Waals surface area contributed by atoms with Crippen LogP contribution in [0.25, 0.3) is 0 Å². The van der Waals surface area contributed by atoms with Crippen molar-refractivity contribution in [1.29, 1.82) is 0 Å². The van der Waals surface area contributed by atoms with Crippen LogP contribution in [0.3, 0.4) is 0 Å². The molecule has 2 radical (unpaired) electrons. The highest BCUT2D eigenvalue weighted by atomic mass is 32.1. The van der Waals surface area contributed by atoms with E-state index in [-0.39, 0.29) is 0 Å². The Balaban J connectivity index is 2.13. The van der Waals surface area contributed by atoms with Crippen molar-refractivity contribution in [1.82, 2.24) is 0 Å². The zero-order chi connectivity index (χ0) is 10.5.